The second-order valence-electron chi connectivity index (χ2n) is 12.4. The van der Waals surface area contributed by atoms with Crippen molar-refractivity contribution in [2.75, 3.05) is 11.5 Å². The number of benzene rings is 1. The number of halogens is 2. The Bertz CT molecular complexity index is 1620. The summed E-state index contributed by atoms with van der Waals surface area (Å²) in [6.07, 6.45) is 4.83. The third-order valence-electron chi connectivity index (χ3n) is 8.21. The molecule has 4 aromatic rings. The van der Waals surface area contributed by atoms with E-state index in [2.05, 4.69) is 30.1 Å². The number of alkyl halides is 1. The Hall–Kier alpha value is -3.22. The van der Waals surface area contributed by atoms with Crippen LogP contribution in [0.1, 0.15) is 19.3 Å². The van der Waals surface area contributed by atoms with E-state index in [9.17, 15) is 9.90 Å². The lowest BCUT2D eigenvalue weighted by molar-refractivity contribution is 0.0899. The quantitative estimate of drug-likeness (QED) is 0.198. The minimum absolute atomic E-state index is 0.0195. The van der Waals surface area contributed by atoms with E-state index in [1.165, 1.54) is 0 Å². The SMILES string of the molecule is Cn1cc2c(Cl)c(-c3cn(COCC[Si](C)(C)C)c4nc(N5[C@@H]6CC[C@H]5[C@H](F)[C@H](NC(=O)O)C6)cnc34)ccc2n1. The fraction of sp³-hybridized carbons (Fsp3) is 0.500. The number of hydrogen-bond acceptors (Lipinski definition) is 6. The molecule has 1 aromatic carbocycles. The summed E-state index contributed by atoms with van der Waals surface area (Å²) in [7, 11) is 0.601. The van der Waals surface area contributed by atoms with Crippen molar-refractivity contribution in [2.24, 2.45) is 7.05 Å². The predicted octanol–water partition coefficient (Wildman–Crippen LogP) is 5.67. The van der Waals surface area contributed by atoms with Gasteiger partial charge in [-0.15, -0.1) is 0 Å². The van der Waals surface area contributed by atoms with Crippen LogP contribution in [0.4, 0.5) is 15.0 Å². The predicted molar refractivity (Wildman–Crippen MR) is 160 cm³/mol. The molecule has 2 N–H and O–H groups in total. The van der Waals surface area contributed by atoms with Crippen molar-refractivity contribution in [3.8, 4) is 11.1 Å². The zero-order valence-corrected chi connectivity index (χ0v) is 25.4. The number of aromatic nitrogens is 5. The lowest BCUT2D eigenvalue weighted by Crippen LogP contribution is -2.58. The van der Waals surface area contributed by atoms with Gasteiger partial charge in [0.2, 0.25) is 0 Å². The molecule has 0 spiro atoms. The second kappa shape index (κ2) is 10.6. The van der Waals surface area contributed by atoms with Crippen LogP contribution < -0.4 is 10.2 Å². The van der Waals surface area contributed by atoms with E-state index in [1.807, 2.05) is 41.0 Å². The number of ether oxygens (including phenoxy) is 1. The number of hydrogen-bond donors (Lipinski definition) is 2. The molecule has 2 aliphatic rings. The second-order valence-corrected chi connectivity index (χ2v) is 18.4. The van der Waals surface area contributed by atoms with Gasteiger partial charge < -0.3 is 24.6 Å². The van der Waals surface area contributed by atoms with Gasteiger partial charge in [-0.3, -0.25) is 4.68 Å². The molecule has 4 atom stereocenters. The van der Waals surface area contributed by atoms with Gasteiger partial charge in [0.1, 0.15) is 24.2 Å². The number of nitrogens with zero attached hydrogens (tertiary/aromatic N) is 6. The molecule has 0 radical (unpaired) electrons. The Morgan fingerprint density at radius 2 is 2.05 bits per heavy atom. The van der Waals surface area contributed by atoms with Crippen LogP contribution in [0.15, 0.2) is 30.7 Å². The maximum Gasteiger partial charge on any atom is 0.404 e. The molecule has 2 saturated heterocycles. The van der Waals surface area contributed by atoms with Gasteiger partial charge in [-0.05, 0) is 31.4 Å². The topological polar surface area (TPSA) is 110 Å². The fourth-order valence-electron chi connectivity index (χ4n) is 6.19. The first kappa shape index (κ1) is 27.9. The van der Waals surface area contributed by atoms with Crippen LogP contribution in [0.3, 0.4) is 0 Å². The lowest BCUT2D eigenvalue weighted by atomic mass is 9.95. The molecule has 2 fully saturated rings. The molecule has 41 heavy (non-hydrogen) atoms. The van der Waals surface area contributed by atoms with Gasteiger partial charge in [0.05, 0.1) is 28.8 Å². The first-order valence-corrected chi connectivity index (χ1v) is 18.1. The number of carboxylic acid groups (broad SMARTS) is 1. The van der Waals surface area contributed by atoms with E-state index in [0.717, 1.165) is 34.5 Å². The van der Waals surface area contributed by atoms with Gasteiger partial charge >= 0.3 is 6.09 Å². The lowest BCUT2D eigenvalue weighted by Gasteiger charge is -2.41. The number of carbonyl (C=O) groups is 1. The number of piperidine rings is 1. The van der Waals surface area contributed by atoms with E-state index in [0.29, 0.717) is 48.2 Å². The summed E-state index contributed by atoms with van der Waals surface area (Å²) in [5.74, 6) is 0.586. The molecule has 2 bridgehead atoms. The van der Waals surface area contributed by atoms with Crippen molar-refractivity contribution in [1.82, 2.24) is 29.6 Å². The Morgan fingerprint density at radius 1 is 1.24 bits per heavy atom. The summed E-state index contributed by atoms with van der Waals surface area (Å²) in [4.78, 5) is 23.1. The van der Waals surface area contributed by atoms with Crippen molar-refractivity contribution in [2.45, 2.75) is 76.0 Å². The monoisotopic (exact) mass is 599 g/mol. The van der Waals surface area contributed by atoms with Crippen molar-refractivity contribution in [3.63, 3.8) is 0 Å². The molecule has 6 rings (SSSR count). The Balaban J connectivity index is 1.39. The molecule has 1 amide bonds. The molecule has 218 valence electrons. The molecule has 0 saturated carbocycles. The van der Waals surface area contributed by atoms with Crippen LogP contribution >= 0.6 is 11.6 Å². The van der Waals surface area contributed by atoms with Crippen LogP contribution in [0.25, 0.3) is 33.2 Å². The van der Waals surface area contributed by atoms with Crippen molar-refractivity contribution in [1.29, 1.82) is 0 Å². The molecule has 2 aliphatic heterocycles. The Labute approximate surface area is 243 Å². The molecule has 0 aliphatic carbocycles. The number of rotatable bonds is 8. The van der Waals surface area contributed by atoms with Crippen LogP contribution in [-0.4, -0.2) is 74.5 Å². The minimum atomic E-state index is -1.33. The highest BCUT2D eigenvalue weighted by molar-refractivity contribution is 6.76. The van der Waals surface area contributed by atoms with Crippen LogP contribution in [-0.2, 0) is 18.5 Å². The molecular weight excluding hydrogens is 565 g/mol. The van der Waals surface area contributed by atoms with Crippen LogP contribution in [0, 0.1) is 0 Å². The molecule has 3 aromatic heterocycles. The highest BCUT2D eigenvalue weighted by Crippen LogP contribution is 2.42. The van der Waals surface area contributed by atoms with E-state index >= 15 is 4.39 Å². The first-order chi connectivity index (χ1) is 19.5. The van der Waals surface area contributed by atoms with Crippen LogP contribution in [0.2, 0.25) is 30.7 Å². The van der Waals surface area contributed by atoms with Gasteiger partial charge in [-0.25, -0.2) is 19.2 Å². The summed E-state index contributed by atoms with van der Waals surface area (Å²) in [5, 5.41) is 17.5. The summed E-state index contributed by atoms with van der Waals surface area (Å²) in [5.41, 5.74) is 3.78. The molecule has 0 unspecified atom stereocenters. The smallest absolute Gasteiger partial charge is 0.404 e. The average Bonchev–Trinajstić information content (AvgIpc) is 3.57. The number of fused-ring (bicyclic) bond motifs is 4. The summed E-state index contributed by atoms with van der Waals surface area (Å²) < 4.78 is 25.3. The van der Waals surface area contributed by atoms with Gasteiger partial charge in [-0.1, -0.05) is 37.3 Å². The van der Waals surface area contributed by atoms with E-state index in [1.54, 1.807) is 10.9 Å². The maximum absolute atomic E-state index is 15.5. The van der Waals surface area contributed by atoms with Crippen LogP contribution in [0.5, 0.6) is 0 Å². The van der Waals surface area contributed by atoms with Gasteiger partial charge in [0.15, 0.2) is 5.65 Å². The number of anilines is 1. The van der Waals surface area contributed by atoms with Gasteiger partial charge in [-0.2, -0.15) is 5.10 Å². The van der Waals surface area contributed by atoms with E-state index in [-0.39, 0.29) is 6.04 Å². The normalized spacial score (nSPS) is 22.6. The maximum atomic E-state index is 15.5. The minimum Gasteiger partial charge on any atom is -0.465 e. The third-order valence-corrected chi connectivity index (χ3v) is 10.3. The zero-order chi connectivity index (χ0) is 29.1. The fourth-order valence-corrected chi connectivity index (χ4v) is 7.25. The largest absolute Gasteiger partial charge is 0.465 e. The van der Waals surface area contributed by atoms with Crippen molar-refractivity contribution >= 4 is 53.7 Å². The standard InChI is InChI=1S/C28H35ClFN7O3Si/c1-35-13-19-20(34-35)7-6-17(24(19)29)18-14-36(15-40-9-10-41(2,3)4)27-26(18)31-12-23(33-27)37-16-5-8-22(37)25(30)21(11-16)32-28(38)39/h6-7,12-14,16,21-22,25,32H,5,8-11,15H2,1-4H3,(H,38,39)/t16-,21-,22+,25-/m1/s1. The first-order valence-electron chi connectivity index (χ1n) is 14.0. The molecule has 5 heterocycles. The summed E-state index contributed by atoms with van der Waals surface area (Å²) in [6, 6.07) is 3.73. The Morgan fingerprint density at radius 3 is 2.80 bits per heavy atom. The number of amides is 1. The highest BCUT2D eigenvalue weighted by Gasteiger charge is 2.49. The van der Waals surface area contributed by atoms with E-state index < -0.39 is 32.4 Å². The van der Waals surface area contributed by atoms with E-state index in [4.69, 9.17) is 26.3 Å². The molecule has 10 nitrogen and oxygen atoms in total. The summed E-state index contributed by atoms with van der Waals surface area (Å²) >= 11 is 6.91. The highest BCUT2D eigenvalue weighted by atomic mass is 35.5. The average molecular weight is 600 g/mol. The zero-order valence-electron chi connectivity index (χ0n) is 23.6. The number of nitrogens with one attached hydrogen (secondary N) is 1. The Kier molecular flexibility index (Phi) is 7.19. The third kappa shape index (κ3) is 5.28. The van der Waals surface area contributed by atoms with Crippen molar-refractivity contribution < 1.29 is 19.0 Å². The van der Waals surface area contributed by atoms with Gasteiger partial charge in [0.25, 0.3) is 0 Å². The summed E-state index contributed by atoms with van der Waals surface area (Å²) in [6.45, 7) is 7.90. The van der Waals surface area contributed by atoms with Gasteiger partial charge in [0, 0.05) is 56.7 Å². The molecular formula is C28H35ClFN7O3Si. The molecule has 13 heteroatoms. The number of aryl methyl sites for hydroxylation is 1. The van der Waals surface area contributed by atoms with Crippen molar-refractivity contribution in [3.05, 3.63) is 35.7 Å².